The van der Waals surface area contributed by atoms with Gasteiger partial charge in [0, 0.05) is 10.6 Å². The predicted octanol–water partition coefficient (Wildman–Crippen LogP) is 5.15. The topological polar surface area (TPSA) is 26.3 Å². The molecule has 2 nitrogen and oxygen atoms in total. The van der Waals surface area contributed by atoms with Crippen LogP contribution >= 0.6 is 7.37 Å². The highest BCUT2D eigenvalue weighted by molar-refractivity contribution is 7.74. The van der Waals surface area contributed by atoms with Crippen molar-refractivity contribution in [3.8, 4) is 0 Å². The highest BCUT2D eigenvalue weighted by atomic mass is 31.2. The summed E-state index contributed by atoms with van der Waals surface area (Å²) in [5.41, 5.74) is 0.340. The Morgan fingerprint density at radius 3 is 1.84 bits per heavy atom. The minimum Gasteiger partial charge on any atom is -0.318 e. The van der Waals surface area contributed by atoms with E-state index in [4.69, 9.17) is 4.52 Å². The summed E-state index contributed by atoms with van der Waals surface area (Å²) in [6, 6.07) is 19.5. The van der Waals surface area contributed by atoms with E-state index in [0.29, 0.717) is 5.92 Å². The van der Waals surface area contributed by atoms with Crippen LogP contribution in [0.4, 0.5) is 0 Å². The van der Waals surface area contributed by atoms with Crippen molar-refractivity contribution in [1.29, 1.82) is 0 Å². The van der Waals surface area contributed by atoms with Gasteiger partial charge in [-0.15, -0.1) is 0 Å². The second kappa shape index (κ2) is 5.83. The van der Waals surface area contributed by atoms with Gasteiger partial charge in [-0.2, -0.15) is 0 Å². The van der Waals surface area contributed by atoms with Gasteiger partial charge in [-0.1, -0.05) is 57.2 Å². The number of rotatable bonds is 4. The Morgan fingerprint density at radius 1 is 0.920 bits per heavy atom. The van der Waals surface area contributed by atoms with Gasteiger partial charge in [0.05, 0.1) is 6.10 Å². The van der Waals surface area contributed by atoms with Crippen molar-refractivity contribution < 1.29 is 9.09 Å². The smallest absolute Gasteiger partial charge is 0.261 e. The van der Waals surface area contributed by atoms with Gasteiger partial charge < -0.3 is 4.52 Å². The fraction of sp³-hybridized carbons (Fsp3) is 0.455. The maximum Gasteiger partial charge on any atom is 0.261 e. The van der Waals surface area contributed by atoms with Gasteiger partial charge in [-0.3, -0.25) is 4.57 Å². The molecule has 0 aliphatic heterocycles. The molecule has 0 N–H and O–H groups in total. The Hall–Kier alpha value is -1.37. The average Bonchev–Trinajstić information content (AvgIpc) is 2.96. The lowest BCUT2D eigenvalue weighted by atomic mass is 9.70. The summed E-state index contributed by atoms with van der Waals surface area (Å²) in [4.78, 5) is 0. The Morgan fingerprint density at radius 2 is 1.44 bits per heavy atom. The third-order valence-electron chi connectivity index (χ3n) is 7.18. The van der Waals surface area contributed by atoms with Crippen LogP contribution in [0.1, 0.15) is 40.0 Å². The van der Waals surface area contributed by atoms with Crippen LogP contribution in [-0.4, -0.2) is 6.10 Å². The molecule has 132 valence electrons. The lowest BCUT2D eigenvalue weighted by Gasteiger charge is -2.40. The molecule has 3 heteroatoms. The van der Waals surface area contributed by atoms with E-state index >= 15 is 0 Å². The molecule has 4 rings (SSSR count). The van der Waals surface area contributed by atoms with E-state index in [1.165, 1.54) is 12.8 Å². The van der Waals surface area contributed by atoms with E-state index in [0.717, 1.165) is 17.0 Å². The van der Waals surface area contributed by atoms with Crippen molar-refractivity contribution in [2.45, 2.75) is 46.1 Å². The number of hydrogen-bond donors (Lipinski definition) is 0. The zero-order chi connectivity index (χ0) is 17.7. The van der Waals surface area contributed by atoms with Crippen molar-refractivity contribution in [3.63, 3.8) is 0 Å². The normalized spacial score (nSPS) is 30.5. The first-order valence-electron chi connectivity index (χ1n) is 9.28. The molecule has 2 aromatic rings. The lowest BCUT2D eigenvalue weighted by molar-refractivity contribution is 0.0347. The summed E-state index contributed by atoms with van der Waals surface area (Å²) >= 11 is 0. The standard InChI is InChI=1S/C22H27O2P/c1-21(2)17-14-15-22(21,3)20(16-17)24-25(23,18-10-6-4-7-11-18)19-12-8-5-9-13-19/h4-13,17,20H,14-16H2,1-3H3. The van der Waals surface area contributed by atoms with E-state index < -0.39 is 7.37 Å². The average molecular weight is 354 g/mol. The summed E-state index contributed by atoms with van der Waals surface area (Å²) in [5, 5.41) is 1.59. The molecule has 0 amide bonds. The van der Waals surface area contributed by atoms with Crippen LogP contribution in [0.25, 0.3) is 0 Å². The Labute approximate surface area is 151 Å². The van der Waals surface area contributed by atoms with Crippen LogP contribution < -0.4 is 10.6 Å². The molecular weight excluding hydrogens is 327 g/mol. The van der Waals surface area contributed by atoms with Gasteiger partial charge in [-0.05, 0) is 60.3 Å². The third kappa shape index (κ3) is 2.46. The summed E-state index contributed by atoms with van der Waals surface area (Å²) in [5.74, 6) is 0.669. The van der Waals surface area contributed by atoms with E-state index in [1.807, 2.05) is 60.7 Å². The van der Waals surface area contributed by atoms with E-state index in [-0.39, 0.29) is 16.9 Å². The van der Waals surface area contributed by atoms with Crippen molar-refractivity contribution >= 4 is 18.0 Å². The molecule has 3 atom stereocenters. The molecule has 25 heavy (non-hydrogen) atoms. The monoisotopic (exact) mass is 354 g/mol. The van der Waals surface area contributed by atoms with E-state index in [9.17, 15) is 4.57 Å². The van der Waals surface area contributed by atoms with Crippen molar-refractivity contribution in [3.05, 3.63) is 60.7 Å². The largest absolute Gasteiger partial charge is 0.318 e. The van der Waals surface area contributed by atoms with Gasteiger partial charge >= 0.3 is 0 Å². The van der Waals surface area contributed by atoms with Gasteiger partial charge in [0.1, 0.15) is 0 Å². The fourth-order valence-corrected chi connectivity index (χ4v) is 7.34. The third-order valence-corrected chi connectivity index (χ3v) is 9.69. The molecule has 2 bridgehead atoms. The van der Waals surface area contributed by atoms with Crippen molar-refractivity contribution in [1.82, 2.24) is 0 Å². The molecule has 0 spiro atoms. The van der Waals surface area contributed by atoms with E-state index in [1.54, 1.807) is 0 Å². The second-order valence-corrected chi connectivity index (χ2v) is 10.8. The number of fused-ring (bicyclic) bond motifs is 2. The Kier molecular flexibility index (Phi) is 3.98. The van der Waals surface area contributed by atoms with Gasteiger partial charge in [0.15, 0.2) is 0 Å². The summed E-state index contributed by atoms with van der Waals surface area (Å²) in [6.45, 7) is 7.07. The summed E-state index contributed by atoms with van der Waals surface area (Å²) in [6.07, 6.45) is 3.50. The minimum absolute atomic E-state index is 0.0486. The Bertz CT molecular complexity index is 756. The maximum atomic E-state index is 14.2. The summed E-state index contributed by atoms with van der Waals surface area (Å²) in [7, 11) is -3.10. The van der Waals surface area contributed by atoms with Crippen LogP contribution in [-0.2, 0) is 9.09 Å². The highest BCUT2D eigenvalue weighted by Crippen LogP contribution is 2.68. The molecule has 2 aliphatic carbocycles. The maximum absolute atomic E-state index is 14.2. The first-order chi connectivity index (χ1) is 11.9. The van der Waals surface area contributed by atoms with Crippen LogP contribution in [0, 0.1) is 16.7 Å². The van der Waals surface area contributed by atoms with Crippen LogP contribution in [0.15, 0.2) is 60.7 Å². The molecule has 2 aromatic carbocycles. The zero-order valence-corrected chi connectivity index (χ0v) is 16.2. The minimum atomic E-state index is -3.10. The molecular formula is C22H27O2P. The summed E-state index contributed by atoms with van der Waals surface area (Å²) < 4.78 is 20.8. The molecule has 2 saturated carbocycles. The lowest BCUT2D eigenvalue weighted by Crippen LogP contribution is -2.38. The zero-order valence-electron chi connectivity index (χ0n) is 15.3. The number of hydrogen-bond acceptors (Lipinski definition) is 2. The fourth-order valence-electron chi connectivity index (χ4n) is 4.99. The van der Waals surface area contributed by atoms with E-state index in [2.05, 4.69) is 20.8 Å². The molecule has 0 radical (unpaired) electrons. The molecule has 0 saturated heterocycles. The molecule has 0 heterocycles. The molecule has 0 aromatic heterocycles. The van der Waals surface area contributed by atoms with Crippen molar-refractivity contribution in [2.75, 3.05) is 0 Å². The molecule has 3 unspecified atom stereocenters. The van der Waals surface area contributed by atoms with Crippen LogP contribution in [0.5, 0.6) is 0 Å². The first-order valence-corrected chi connectivity index (χ1v) is 10.9. The van der Waals surface area contributed by atoms with Crippen LogP contribution in [0.2, 0.25) is 0 Å². The highest BCUT2D eigenvalue weighted by Gasteiger charge is 2.63. The molecule has 2 fully saturated rings. The quantitative estimate of drug-likeness (QED) is 0.710. The SMILES string of the molecule is CC1(C)C2CCC1(C)C(OP(=O)(c1ccccc1)c1ccccc1)C2. The number of benzene rings is 2. The van der Waals surface area contributed by atoms with Gasteiger partial charge in [0.2, 0.25) is 0 Å². The van der Waals surface area contributed by atoms with Crippen LogP contribution in [0.3, 0.4) is 0 Å². The first kappa shape index (κ1) is 17.1. The molecule has 2 aliphatic rings. The second-order valence-electron chi connectivity index (χ2n) is 8.43. The predicted molar refractivity (Wildman–Crippen MR) is 104 cm³/mol. The Balaban J connectivity index is 1.76. The van der Waals surface area contributed by atoms with Crippen molar-refractivity contribution in [2.24, 2.45) is 16.7 Å². The van der Waals surface area contributed by atoms with Gasteiger partial charge in [0.25, 0.3) is 7.37 Å². The van der Waals surface area contributed by atoms with Gasteiger partial charge in [-0.25, -0.2) is 0 Å².